The van der Waals surface area contributed by atoms with Crippen molar-refractivity contribution < 1.29 is 9.18 Å². The first-order chi connectivity index (χ1) is 13.7. The average molecular weight is 416 g/mol. The number of pyridine rings is 1. The van der Waals surface area contributed by atoms with E-state index in [9.17, 15) is 9.18 Å². The Balaban J connectivity index is 1.35. The van der Waals surface area contributed by atoms with E-state index < -0.39 is 0 Å². The maximum absolute atomic E-state index is 13.6. The van der Waals surface area contributed by atoms with Gasteiger partial charge in [-0.15, -0.1) is 11.8 Å². The number of hydrogen-bond acceptors (Lipinski definition) is 5. The van der Waals surface area contributed by atoms with Gasteiger partial charge in [-0.3, -0.25) is 14.7 Å². The van der Waals surface area contributed by atoms with Gasteiger partial charge >= 0.3 is 0 Å². The first-order valence-electron chi connectivity index (χ1n) is 9.37. The zero-order valence-corrected chi connectivity index (χ0v) is 17.1. The molecule has 0 saturated carbocycles. The molecule has 4 rings (SSSR count). The van der Waals surface area contributed by atoms with E-state index in [1.807, 2.05) is 11.0 Å². The fourth-order valence-corrected chi connectivity index (χ4v) is 5.07. The summed E-state index contributed by atoms with van der Waals surface area (Å²) in [5.74, 6) is 0.218. The Labute approximate surface area is 172 Å². The molecule has 7 heteroatoms. The Hall–Kier alpha value is -1.96. The van der Waals surface area contributed by atoms with Gasteiger partial charge in [0, 0.05) is 49.2 Å². The van der Waals surface area contributed by atoms with Gasteiger partial charge in [-0.05, 0) is 53.1 Å². The molecule has 146 valence electrons. The maximum Gasteiger partial charge on any atom is 0.232 e. The van der Waals surface area contributed by atoms with E-state index in [1.165, 1.54) is 29.5 Å². The van der Waals surface area contributed by atoms with Crippen molar-refractivity contribution >= 4 is 39.9 Å². The van der Waals surface area contributed by atoms with Crippen LogP contribution in [0.3, 0.4) is 0 Å². The molecule has 0 N–H and O–H groups in total. The van der Waals surface area contributed by atoms with Gasteiger partial charge in [0.15, 0.2) is 0 Å². The molecule has 1 amide bonds. The minimum Gasteiger partial charge on any atom is -0.341 e. The van der Waals surface area contributed by atoms with E-state index in [2.05, 4.69) is 26.7 Å². The lowest BCUT2D eigenvalue weighted by molar-refractivity contribution is -0.128. The van der Waals surface area contributed by atoms with Crippen LogP contribution in [0.1, 0.15) is 12.0 Å². The predicted molar refractivity (Wildman–Crippen MR) is 113 cm³/mol. The highest BCUT2D eigenvalue weighted by Gasteiger charge is 2.19. The minimum absolute atomic E-state index is 0.142. The number of thiophene rings is 1. The molecule has 0 radical (unpaired) electrons. The second-order valence-corrected chi connectivity index (χ2v) is 8.70. The third kappa shape index (κ3) is 4.71. The molecule has 0 bridgehead atoms. The quantitative estimate of drug-likeness (QED) is 0.584. The van der Waals surface area contributed by atoms with Crippen molar-refractivity contribution in [3.05, 3.63) is 58.7 Å². The second kappa shape index (κ2) is 9.03. The molecule has 28 heavy (non-hydrogen) atoms. The highest BCUT2D eigenvalue weighted by atomic mass is 32.2. The van der Waals surface area contributed by atoms with Crippen LogP contribution in [0.5, 0.6) is 0 Å². The first kappa shape index (κ1) is 19.4. The van der Waals surface area contributed by atoms with Crippen molar-refractivity contribution in [1.29, 1.82) is 0 Å². The summed E-state index contributed by atoms with van der Waals surface area (Å²) in [5.41, 5.74) is 2.09. The van der Waals surface area contributed by atoms with Gasteiger partial charge in [0.05, 0.1) is 11.3 Å². The number of halogens is 1. The van der Waals surface area contributed by atoms with Crippen LogP contribution < -0.4 is 0 Å². The first-order valence-corrected chi connectivity index (χ1v) is 11.3. The molecular weight excluding hydrogens is 393 g/mol. The number of rotatable bonds is 5. The van der Waals surface area contributed by atoms with E-state index in [-0.39, 0.29) is 11.7 Å². The Morgan fingerprint density at radius 3 is 2.96 bits per heavy atom. The molecule has 4 nitrogen and oxygen atoms in total. The topological polar surface area (TPSA) is 36.4 Å². The van der Waals surface area contributed by atoms with Crippen LogP contribution in [0.25, 0.3) is 10.9 Å². The number of thioether (sulfide) groups is 1. The van der Waals surface area contributed by atoms with Crippen LogP contribution in [0.4, 0.5) is 4.39 Å². The normalized spacial score (nSPS) is 15.7. The number of carbonyl (C=O) groups is 1. The molecular formula is C21H22FN3OS2. The molecule has 0 atom stereocenters. The van der Waals surface area contributed by atoms with Crippen molar-refractivity contribution in [3.8, 4) is 0 Å². The Kier molecular flexibility index (Phi) is 6.24. The molecule has 3 aromatic rings. The van der Waals surface area contributed by atoms with Gasteiger partial charge < -0.3 is 4.90 Å². The molecule has 0 spiro atoms. The zero-order valence-electron chi connectivity index (χ0n) is 15.5. The van der Waals surface area contributed by atoms with Gasteiger partial charge in [0.2, 0.25) is 5.91 Å². The standard InChI is InChI=1S/C21H22FN3OS2/c22-17-2-3-19-18(12-17)20(4-6-23-19)28-15-21(26)25-8-1-7-24(9-10-25)13-16-5-11-27-14-16/h2-6,11-12,14H,1,7-10,13,15H2. The van der Waals surface area contributed by atoms with Crippen molar-refractivity contribution in [2.45, 2.75) is 17.9 Å². The summed E-state index contributed by atoms with van der Waals surface area (Å²) in [6.45, 7) is 4.42. The Morgan fingerprint density at radius 2 is 2.11 bits per heavy atom. The summed E-state index contributed by atoms with van der Waals surface area (Å²) in [5, 5.41) is 5.05. The lowest BCUT2D eigenvalue weighted by Crippen LogP contribution is -2.36. The van der Waals surface area contributed by atoms with Crippen LogP contribution >= 0.6 is 23.1 Å². The highest BCUT2D eigenvalue weighted by molar-refractivity contribution is 8.00. The number of carbonyl (C=O) groups excluding carboxylic acids is 1. The summed E-state index contributed by atoms with van der Waals surface area (Å²) in [6, 6.07) is 8.59. The van der Waals surface area contributed by atoms with Crippen LogP contribution in [0.15, 0.2) is 52.2 Å². The van der Waals surface area contributed by atoms with Crippen LogP contribution in [-0.4, -0.2) is 52.6 Å². The third-order valence-corrected chi connectivity index (χ3v) is 6.73. The number of benzene rings is 1. The van der Waals surface area contributed by atoms with E-state index in [0.29, 0.717) is 5.75 Å². The van der Waals surface area contributed by atoms with Gasteiger partial charge in [-0.25, -0.2) is 4.39 Å². The molecule has 1 aromatic carbocycles. The lowest BCUT2D eigenvalue weighted by Gasteiger charge is -2.21. The number of hydrogen-bond donors (Lipinski definition) is 0. The van der Waals surface area contributed by atoms with Crippen molar-refractivity contribution in [2.75, 3.05) is 31.9 Å². The summed E-state index contributed by atoms with van der Waals surface area (Å²) in [4.78, 5) is 22.3. The summed E-state index contributed by atoms with van der Waals surface area (Å²) in [6.07, 6.45) is 2.70. The predicted octanol–water partition coefficient (Wildman–Crippen LogP) is 4.26. The van der Waals surface area contributed by atoms with E-state index in [0.717, 1.165) is 54.9 Å². The van der Waals surface area contributed by atoms with Gasteiger partial charge in [0.25, 0.3) is 0 Å². The minimum atomic E-state index is -0.285. The molecule has 3 heterocycles. The van der Waals surface area contributed by atoms with Crippen LogP contribution in [-0.2, 0) is 11.3 Å². The Morgan fingerprint density at radius 1 is 1.18 bits per heavy atom. The maximum atomic E-state index is 13.6. The monoisotopic (exact) mass is 415 g/mol. The largest absolute Gasteiger partial charge is 0.341 e. The lowest BCUT2D eigenvalue weighted by atomic mass is 10.2. The molecule has 0 aliphatic carbocycles. The third-order valence-electron chi connectivity index (χ3n) is 4.94. The number of aromatic nitrogens is 1. The molecule has 0 unspecified atom stereocenters. The molecule has 1 saturated heterocycles. The number of amides is 1. The van der Waals surface area contributed by atoms with E-state index in [4.69, 9.17) is 0 Å². The average Bonchev–Trinajstić information content (AvgIpc) is 3.10. The van der Waals surface area contributed by atoms with Crippen LogP contribution in [0.2, 0.25) is 0 Å². The molecule has 1 aliphatic heterocycles. The highest BCUT2D eigenvalue weighted by Crippen LogP contribution is 2.27. The fraction of sp³-hybridized carbons (Fsp3) is 0.333. The number of nitrogens with zero attached hydrogens (tertiary/aromatic N) is 3. The second-order valence-electron chi connectivity index (χ2n) is 6.90. The summed E-state index contributed by atoms with van der Waals surface area (Å²) < 4.78 is 13.6. The van der Waals surface area contributed by atoms with Gasteiger partial charge in [0.1, 0.15) is 5.82 Å². The summed E-state index contributed by atoms with van der Waals surface area (Å²) in [7, 11) is 0. The van der Waals surface area contributed by atoms with Crippen molar-refractivity contribution in [2.24, 2.45) is 0 Å². The van der Waals surface area contributed by atoms with Gasteiger partial charge in [-0.1, -0.05) is 0 Å². The Bertz CT molecular complexity index is 948. The smallest absolute Gasteiger partial charge is 0.232 e. The summed E-state index contributed by atoms with van der Waals surface area (Å²) >= 11 is 3.18. The van der Waals surface area contributed by atoms with Crippen LogP contribution in [0, 0.1) is 5.82 Å². The zero-order chi connectivity index (χ0) is 19.3. The molecule has 1 aliphatic rings. The molecule has 1 fully saturated rings. The van der Waals surface area contributed by atoms with Crippen molar-refractivity contribution in [3.63, 3.8) is 0 Å². The SMILES string of the molecule is O=C(CSc1ccnc2ccc(F)cc12)N1CCCN(Cc2ccsc2)CC1. The molecule has 2 aromatic heterocycles. The van der Waals surface area contributed by atoms with E-state index >= 15 is 0 Å². The van der Waals surface area contributed by atoms with E-state index in [1.54, 1.807) is 23.6 Å². The fourth-order valence-electron chi connectivity index (χ4n) is 3.47. The van der Waals surface area contributed by atoms with Crippen molar-refractivity contribution in [1.82, 2.24) is 14.8 Å². The number of fused-ring (bicyclic) bond motifs is 1. The van der Waals surface area contributed by atoms with Gasteiger partial charge in [-0.2, -0.15) is 11.3 Å².